The molecule has 1 aliphatic rings. The zero-order chi connectivity index (χ0) is 24.9. The van der Waals surface area contributed by atoms with Crippen LogP contribution in [0.5, 0.6) is 5.75 Å². The van der Waals surface area contributed by atoms with E-state index in [4.69, 9.17) is 4.74 Å². The van der Waals surface area contributed by atoms with Gasteiger partial charge in [-0.3, -0.25) is 0 Å². The van der Waals surface area contributed by atoms with Crippen LogP contribution >= 0.6 is 0 Å². The summed E-state index contributed by atoms with van der Waals surface area (Å²) in [5, 5.41) is 0. The lowest BCUT2D eigenvalue weighted by molar-refractivity contribution is 0.314. The minimum atomic E-state index is -0.990. The van der Waals surface area contributed by atoms with Gasteiger partial charge in [-0.1, -0.05) is 61.2 Å². The summed E-state index contributed by atoms with van der Waals surface area (Å²) in [6.07, 6.45) is 8.06. The van der Waals surface area contributed by atoms with Gasteiger partial charge in [0.2, 0.25) is 5.82 Å². The largest absolute Gasteiger partial charge is 0.491 e. The van der Waals surface area contributed by atoms with Crippen molar-refractivity contribution in [2.24, 2.45) is 5.92 Å². The van der Waals surface area contributed by atoms with E-state index in [1.165, 1.54) is 12.1 Å². The van der Waals surface area contributed by atoms with Crippen molar-refractivity contribution in [2.45, 2.75) is 38.5 Å². The van der Waals surface area contributed by atoms with Gasteiger partial charge in [-0.05, 0) is 73.3 Å². The van der Waals surface area contributed by atoms with E-state index in [9.17, 15) is 13.2 Å². The standard InChI is InChI=1S/C30H28F4O/c1-3-19-5-10-21(11-6-19)24-16-17-25(29(33)28(24)32)22-12-7-20(8-13-22)9-14-23-15-18-26(35-4-2)30(34)27(23)31/h3,5-6,9-11,14-18,20,22H,1,4,7-8,12-13H2,2H3. The van der Waals surface area contributed by atoms with Crippen LogP contribution in [0.4, 0.5) is 17.6 Å². The molecule has 5 heteroatoms. The molecule has 35 heavy (non-hydrogen) atoms. The van der Waals surface area contributed by atoms with Crippen molar-refractivity contribution < 1.29 is 22.3 Å². The van der Waals surface area contributed by atoms with Crippen LogP contribution in [-0.2, 0) is 0 Å². The molecular formula is C30H28F4O. The number of hydrogen-bond donors (Lipinski definition) is 0. The predicted molar refractivity (Wildman–Crippen MR) is 133 cm³/mol. The maximum atomic E-state index is 15.0. The van der Waals surface area contributed by atoms with Gasteiger partial charge in [0.15, 0.2) is 23.2 Å². The molecule has 0 unspecified atom stereocenters. The molecule has 0 saturated heterocycles. The van der Waals surface area contributed by atoms with Crippen LogP contribution in [0.2, 0.25) is 0 Å². The predicted octanol–water partition coefficient (Wildman–Crippen LogP) is 8.94. The molecule has 182 valence electrons. The first-order valence-corrected chi connectivity index (χ1v) is 11.9. The molecular weight excluding hydrogens is 452 g/mol. The number of ether oxygens (including phenoxy) is 1. The Morgan fingerprint density at radius 2 is 1.54 bits per heavy atom. The highest BCUT2D eigenvalue weighted by Crippen LogP contribution is 2.39. The molecule has 3 aromatic carbocycles. The van der Waals surface area contributed by atoms with E-state index in [0.717, 1.165) is 18.4 Å². The van der Waals surface area contributed by atoms with Gasteiger partial charge >= 0.3 is 0 Å². The lowest BCUT2D eigenvalue weighted by Gasteiger charge is -2.27. The van der Waals surface area contributed by atoms with E-state index < -0.39 is 23.3 Å². The quantitative estimate of drug-likeness (QED) is 0.307. The maximum absolute atomic E-state index is 15.0. The molecule has 1 nitrogen and oxygen atoms in total. The van der Waals surface area contributed by atoms with Crippen LogP contribution < -0.4 is 4.74 Å². The minimum absolute atomic E-state index is 0.0778. The van der Waals surface area contributed by atoms with E-state index in [1.54, 1.807) is 43.3 Å². The molecule has 3 aromatic rings. The third-order valence-electron chi connectivity index (χ3n) is 6.71. The first-order chi connectivity index (χ1) is 16.9. The molecule has 1 saturated carbocycles. The van der Waals surface area contributed by atoms with Crippen molar-refractivity contribution in [1.29, 1.82) is 0 Å². The normalized spacial score (nSPS) is 18.1. The molecule has 4 rings (SSSR count). The van der Waals surface area contributed by atoms with Gasteiger partial charge in [0.25, 0.3) is 0 Å². The van der Waals surface area contributed by atoms with E-state index in [-0.39, 0.29) is 35.3 Å². The Balaban J connectivity index is 1.43. The second-order valence-corrected chi connectivity index (χ2v) is 8.84. The molecule has 1 aliphatic carbocycles. The number of rotatable bonds is 7. The van der Waals surface area contributed by atoms with Crippen LogP contribution in [0.1, 0.15) is 55.2 Å². The van der Waals surface area contributed by atoms with Gasteiger partial charge in [-0.2, -0.15) is 4.39 Å². The average molecular weight is 481 g/mol. The van der Waals surface area contributed by atoms with E-state index in [2.05, 4.69) is 6.58 Å². The highest BCUT2D eigenvalue weighted by Gasteiger charge is 2.26. The molecule has 0 aromatic heterocycles. The van der Waals surface area contributed by atoms with Crippen molar-refractivity contribution in [3.63, 3.8) is 0 Å². The number of benzene rings is 3. The fourth-order valence-electron chi connectivity index (χ4n) is 4.71. The molecule has 0 atom stereocenters. The highest BCUT2D eigenvalue weighted by molar-refractivity contribution is 5.66. The van der Waals surface area contributed by atoms with Crippen LogP contribution in [0.3, 0.4) is 0 Å². The summed E-state index contributed by atoms with van der Waals surface area (Å²) >= 11 is 0. The van der Waals surface area contributed by atoms with E-state index in [0.29, 0.717) is 24.0 Å². The summed E-state index contributed by atoms with van der Waals surface area (Å²) in [5.74, 6) is -3.56. The maximum Gasteiger partial charge on any atom is 0.201 e. The fraction of sp³-hybridized carbons (Fsp3) is 0.267. The van der Waals surface area contributed by atoms with Crippen LogP contribution in [0.25, 0.3) is 23.3 Å². The van der Waals surface area contributed by atoms with Gasteiger partial charge in [0, 0.05) is 11.1 Å². The molecule has 0 bridgehead atoms. The lowest BCUT2D eigenvalue weighted by atomic mass is 9.78. The molecule has 0 heterocycles. The monoisotopic (exact) mass is 480 g/mol. The third-order valence-corrected chi connectivity index (χ3v) is 6.71. The third kappa shape index (κ3) is 5.34. The minimum Gasteiger partial charge on any atom is -0.491 e. The van der Waals surface area contributed by atoms with Crippen molar-refractivity contribution in [3.05, 3.63) is 101 Å². The second-order valence-electron chi connectivity index (χ2n) is 8.84. The van der Waals surface area contributed by atoms with E-state index >= 15 is 4.39 Å². The van der Waals surface area contributed by atoms with Crippen molar-refractivity contribution in [3.8, 4) is 16.9 Å². The highest BCUT2D eigenvalue weighted by atomic mass is 19.2. The molecule has 0 spiro atoms. The van der Waals surface area contributed by atoms with Gasteiger partial charge < -0.3 is 4.74 Å². The number of hydrogen-bond acceptors (Lipinski definition) is 1. The Bertz CT molecular complexity index is 1220. The van der Waals surface area contributed by atoms with Crippen molar-refractivity contribution in [1.82, 2.24) is 0 Å². The van der Waals surface area contributed by atoms with Crippen molar-refractivity contribution >= 4 is 12.2 Å². The summed E-state index contributed by atoms with van der Waals surface area (Å²) in [5.41, 5.74) is 2.33. The summed E-state index contributed by atoms with van der Waals surface area (Å²) in [6.45, 7) is 5.66. The van der Waals surface area contributed by atoms with Gasteiger partial charge in [0.05, 0.1) is 6.61 Å². The summed E-state index contributed by atoms with van der Waals surface area (Å²) in [6, 6.07) is 13.4. The Hall–Kier alpha value is -3.34. The Morgan fingerprint density at radius 3 is 2.20 bits per heavy atom. The zero-order valence-electron chi connectivity index (χ0n) is 19.7. The first-order valence-electron chi connectivity index (χ1n) is 11.9. The summed E-state index contributed by atoms with van der Waals surface area (Å²) in [7, 11) is 0. The average Bonchev–Trinajstić information content (AvgIpc) is 2.88. The van der Waals surface area contributed by atoms with Gasteiger partial charge in [0.1, 0.15) is 0 Å². The smallest absolute Gasteiger partial charge is 0.201 e. The van der Waals surface area contributed by atoms with Gasteiger partial charge in [-0.15, -0.1) is 0 Å². The lowest BCUT2D eigenvalue weighted by Crippen LogP contribution is -2.13. The zero-order valence-corrected chi connectivity index (χ0v) is 19.7. The number of allylic oxidation sites excluding steroid dienone is 1. The fourth-order valence-corrected chi connectivity index (χ4v) is 4.71. The van der Waals surface area contributed by atoms with Crippen LogP contribution in [-0.4, -0.2) is 6.61 Å². The van der Waals surface area contributed by atoms with Crippen molar-refractivity contribution in [2.75, 3.05) is 6.61 Å². The Morgan fingerprint density at radius 1 is 0.829 bits per heavy atom. The van der Waals surface area contributed by atoms with E-state index in [1.807, 2.05) is 18.2 Å². The molecule has 0 aliphatic heterocycles. The topological polar surface area (TPSA) is 9.23 Å². The Kier molecular flexibility index (Phi) is 7.74. The molecule has 0 N–H and O–H groups in total. The molecule has 0 radical (unpaired) electrons. The molecule has 1 fully saturated rings. The SMILES string of the molecule is C=Cc1ccc(-c2ccc(C3CCC(C=Cc4ccc(OCC)c(F)c4F)CC3)c(F)c2F)cc1. The van der Waals surface area contributed by atoms with Gasteiger partial charge in [-0.25, -0.2) is 13.2 Å². The number of halogens is 4. The summed E-state index contributed by atoms with van der Waals surface area (Å²) in [4.78, 5) is 0. The first kappa shape index (κ1) is 24.8. The second kappa shape index (κ2) is 10.9. The summed E-state index contributed by atoms with van der Waals surface area (Å²) < 4.78 is 63.4. The Labute approximate surface area is 203 Å². The molecule has 0 amide bonds. The van der Waals surface area contributed by atoms with Crippen LogP contribution in [0.15, 0.2) is 61.2 Å². The van der Waals surface area contributed by atoms with Crippen LogP contribution in [0, 0.1) is 29.2 Å².